The molecule has 0 aliphatic rings. The van der Waals surface area contributed by atoms with E-state index in [0.717, 1.165) is 0 Å². The van der Waals surface area contributed by atoms with Crippen molar-refractivity contribution in [3.8, 4) is 0 Å². The van der Waals surface area contributed by atoms with Gasteiger partial charge in [0.05, 0.1) is 6.10 Å². The van der Waals surface area contributed by atoms with E-state index in [1.807, 2.05) is 6.92 Å². The monoisotopic (exact) mass is 148 g/mol. The molecule has 0 saturated carbocycles. The second kappa shape index (κ2) is 4.82. The zero-order chi connectivity index (χ0) is 7.28. The Hall–Kier alpha value is -0.0200. The summed E-state index contributed by atoms with van der Waals surface area (Å²) >= 11 is 1.17. The molecule has 54 valence electrons. The van der Waals surface area contributed by atoms with Crippen molar-refractivity contribution in [1.29, 1.82) is 0 Å². The van der Waals surface area contributed by atoms with Crippen molar-refractivity contribution in [2.75, 3.05) is 6.26 Å². The van der Waals surface area contributed by atoms with Gasteiger partial charge in [-0.1, -0.05) is 18.7 Å². The van der Waals surface area contributed by atoms with Gasteiger partial charge in [0.15, 0.2) is 5.12 Å². The van der Waals surface area contributed by atoms with Gasteiger partial charge < -0.3 is 5.11 Å². The van der Waals surface area contributed by atoms with Crippen LogP contribution in [-0.4, -0.2) is 22.6 Å². The lowest BCUT2D eigenvalue weighted by molar-refractivity contribution is -0.112. The van der Waals surface area contributed by atoms with Gasteiger partial charge in [-0.3, -0.25) is 4.79 Å². The van der Waals surface area contributed by atoms with Crippen molar-refractivity contribution in [1.82, 2.24) is 0 Å². The van der Waals surface area contributed by atoms with Gasteiger partial charge in [-0.2, -0.15) is 0 Å². The molecule has 0 aliphatic heterocycles. The summed E-state index contributed by atoms with van der Waals surface area (Å²) < 4.78 is 0. The van der Waals surface area contributed by atoms with E-state index in [2.05, 4.69) is 0 Å². The summed E-state index contributed by atoms with van der Waals surface area (Å²) in [4.78, 5) is 10.6. The molecule has 2 nitrogen and oxygen atoms in total. The molecule has 0 heterocycles. The van der Waals surface area contributed by atoms with Crippen LogP contribution in [0.5, 0.6) is 0 Å². The van der Waals surface area contributed by atoms with Crippen LogP contribution in [0, 0.1) is 0 Å². The van der Waals surface area contributed by atoms with Crippen LogP contribution in [0.4, 0.5) is 0 Å². The van der Waals surface area contributed by atoms with E-state index < -0.39 is 6.10 Å². The molecule has 1 unspecified atom stereocenters. The van der Waals surface area contributed by atoms with Crippen LogP contribution in [0.2, 0.25) is 0 Å². The highest BCUT2D eigenvalue weighted by Crippen LogP contribution is 2.04. The predicted molar refractivity (Wildman–Crippen MR) is 39.4 cm³/mol. The van der Waals surface area contributed by atoms with E-state index in [-0.39, 0.29) is 11.5 Å². The minimum atomic E-state index is -0.440. The van der Waals surface area contributed by atoms with Gasteiger partial charge in [0.25, 0.3) is 0 Å². The summed E-state index contributed by atoms with van der Waals surface area (Å²) in [6.07, 6.45) is 2.24. The van der Waals surface area contributed by atoms with Gasteiger partial charge >= 0.3 is 0 Å². The maximum absolute atomic E-state index is 10.6. The maximum atomic E-state index is 10.6. The number of hydrogen-bond donors (Lipinski definition) is 1. The molecule has 0 saturated heterocycles. The Bertz CT molecular complexity index is 93.1. The largest absolute Gasteiger partial charge is 0.393 e. The van der Waals surface area contributed by atoms with Crippen molar-refractivity contribution in [3.63, 3.8) is 0 Å². The van der Waals surface area contributed by atoms with E-state index in [4.69, 9.17) is 5.11 Å². The minimum absolute atomic E-state index is 0.0596. The number of aliphatic hydroxyl groups is 1. The number of carbonyl (C=O) groups is 1. The normalized spacial score (nSPS) is 13.2. The summed E-state index contributed by atoms with van der Waals surface area (Å²) in [6.45, 7) is 1.86. The first-order valence-corrected chi connectivity index (χ1v) is 4.18. The number of thioether (sulfide) groups is 1. The van der Waals surface area contributed by atoms with Gasteiger partial charge in [-0.25, -0.2) is 0 Å². The average molecular weight is 148 g/mol. The topological polar surface area (TPSA) is 37.3 Å². The van der Waals surface area contributed by atoms with Crippen molar-refractivity contribution in [2.24, 2.45) is 0 Å². The number of aliphatic hydroxyl groups excluding tert-OH is 1. The van der Waals surface area contributed by atoms with Gasteiger partial charge in [-0.05, 0) is 12.7 Å². The first-order chi connectivity index (χ1) is 4.20. The Morgan fingerprint density at radius 3 is 2.67 bits per heavy atom. The molecule has 1 atom stereocenters. The van der Waals surface area contributed by atoms with Crippen LogP contribution in [0.3, 0.4) is 0 Å². The molecule has 0 aromatic rings. The maximum Gasteiger partial charge on any atom is 0.191 e. The van der Waals surface area contributed by atoms with Crippen molar-refractivity contribution < 1.29 is 9.90 Å². The molecule has 0 fully saturated rings. The molecule has 0 bridgehead atoms. The molecule has 0 spiro atoms. The summed E-state index contributed by atoms with van der Waals surface area (Å²) in [7, 11) is 0. The van der Waals surface area contributed by atoms with Crippen LogP contribution in [-0.2, 0) is 4.79 Å². The minimum Gasteiger partial charge on any atom is -0.393 e. The Labute approximate surface area is 59.6 Å². The lowest BCUT2D eigenvalue weighted by Gasteiger charge is -2.02. The molecule has 0 aliphatic carbocycles. The van der Waals surface area contributed by atoms with Crippen molar-refractivity contribution >= 4 is 16.9 Å². The molecule has 3 heteroatoms. The van der Waals surface area contributed by atoms with E-state index in [1.165, 1.54) is 11.8 Å². The fourth-order valence-corrected chi connectivity index (χ4v) is 0.779. The molecule has 1 N–H and O–H groups in total. The van der Waals surface area contributed by atoms with Gasteiger partial charge in [0.1, 0.15) is 0 Å². The molecule has 0 rings (SSSR count). The summed E-state index contributed by atoms with van der Waals surface area (Å²) in [5.41, 5.74) is 0. The highest BCUT2D eigenvalue weighted by Gasteiger charge is 2.05. The SMILES string of the molecule is CCC(O)CC(=O)SC. The molecule has 0 amide bonds. The third-order valence-corrected chi connectivity index (χ3v) is 1.72. The lowest BCUT2D eigenvalue weighted by Crippen LogP contribution is -2.08. The van der Waals surface area contributed by atoms with Crippen LogP contribution < -0.4 is 0 Å². The number of carbonyl (C=O) groups excluding carboxylic acids is 1. The van der Waals surface area contributed by atoms with Crippen molar-refractivity contribution in [3.05, 3.63) is 0 Å². The Balaban J connectivity index is 3.34. The summed E-state index contributed by atoms with van der Waals surface area (Å²) in [5.74, 6) is 0. The van der Waals surface area contributed by atoms with E-state index in [9.17, 15) is 4.79 Å². The highest BCUT2D eigenvalue weighted by atomic mass is 32.2. The fourth-order valence-electron chi connectivity index (χ4n) is 0.420. The van der Waals surface area contributed by atoms with Crippen LogP contribution in [0.1, 0.15) is 19.8 Å². The lowest BCUT2D eigenvalue weighted by atomic mass is 10.2. The molecule has 0 aromatic heterocycles. The van der Waals surface area contributed by atoms with Crippen molar-refractivity contribution in [2.45, 2.75) is 25.9 Å². The molecular weight excluding hydrogens is 136 g/mol. The summed E-state index contributed by atoms with van der Waals surface area (Å²) in [6, 6.07) is 0. The average Bonchev–Trinajstić information content (AvgIpc) is 1.87. The standard InChI is InChI=1S/C6H12O2S/c1-3-5(7)4-6(8)9-2/h5,7H,3-4H2,1-2H3. The van der Waals surface area contributed by atoms with Gasteiger partial charge in [-0.15, -0.1) is 0 Å². The van der Waals surface area contributed by atoms with E-state index in [0.29, 0.717) is 6.42 Å². The Morgan fingerprint density at radius 2 is 2.33 bits per heavy atom. The van der Waals surface area contributed by atoms with E-state index in [1.54, 1.807) is 6.26 Å². The Morgan fingerprint density at radius 1 is 1.78 bits per heavy atom. The van der Waals surface area contributed by atoms with Gasteiger partial charge in [0, 0.05) is 6.42 Å². The summed E-state index contributed by atoms with van der Waals surface area (Å²) in [5, 5.41) is 8.98. The van der Waals surface area contributed by atoms with Crippen LogP contribution >= 0.6 is 11.8 Å². The third kappa shape index (κ3) is 4.48. The van der Waals surface area contributed by atoms with Crippen LogP contribution in [0.15, 0.2) is 0 Å². The molecule has 0 aromatic carbocycles. The van der Waals surface area contributed by atoms with Gasteiger partial charge in [0.2, 0.25) is 0 Å². The smallest absolute Gasteiger partial charge is 0.191 e. The Kier molecular flexibility index (Phi) is 4.81. The van der Waals surface area contributed by atoms with E-state index >= 15 is 0 Å². The molecule has 9 heavy (non-hydrogen) atoms. The second-order valence-corrected chi connectivity index (χ2v) is 2.71. The third-order valence-electron chi connectivity index (χ3n) is 1.10. The number of rotatable bonds is 3. The second-order valence-electron chi connectivity index (χ2n) is 1.84. The predicted octanol–water partition coefficient (Wildman–Crippen LogP) is 1.04. The highest BCUT2D eigenvalue weighted by molar-refractivity contribution is 8.13. The zero-order valence-electron chi connectivity index (χ0n) is 5.76. The van der Waals surface area contributed by atoms with Crippen LogP contribution in [0.25, 0.3) is 0 Å². The molecule has 0 radical (unpaired) electrons. The first kappa shape index (κ1) is 8.98. The molecular formula is C6H12O2S. The quantitative estimate of drug-likeness (QED) is 0.649. The number of hydrogen-bond acceptors (Lipinski definition) is 3. The first-order valence-electron chi connectivity index (χ1n) is 2.95. The fraction of sp³-hybridized carbons (Fsp3) is 0.833. The zero-order valence-corrected chi connectivity index (χ0v) is 6.57.